The minimum absolute atomic E-state index is 0.0247. The van der Waals surface area contributed by atoms with Crippen LogP contribution in [-0.4, -0.2) is 20.9 Å². The molecule has 1 aromatic rings. The molecule has 0 saturated heterocycles. The van der Waals surface area contributed by atoms with Gasteiger partial charge in [0, 0.05) is 4.86 Å². The Morgan fingerprint density at radius 3 is 2.58 bits per heavy atom. The third kappa shape index (κ3) is 1.85. The molecule has 0 unspecified atom stereocenters. The molecule has 3 nitrogen and oxygen atoms in total. The van der Waals surface area contributed by atoms with E-state index < -0.39 is 5.97 Å². The van der Waals surface area contributed by atoms with Gasteiger partial charge in [0.25, 0.3) is 0 Å². The molecule has 0 spiro atoms. The predicted molar refractivity (Wildman–Crippen MR) is 48.6 cm³/mol. The van der Waals surface area contributed by atoms with Gasteiger partial charge in [0.05, 0.1) is 5.69 Å². The Balaban J connectivity index is 3.12. The third-order valence-electron chi connectivity index (χ3n) is 1.33. The average Bonchev–Trinajstić information content (AvgIpc) is 2.04. The topological polar surface area (TPSA) is 50.2 Å². The van der Waals surface area contributed by atoms with Crippen LogP contribution in [-0.2, 0) is 0 Å². The number of pyridine rings is 1. The smallest absolute Gasteiger partial charge is 0.354 e. The first-order valence-corrected chi connectivity index (χ1v) is 3.73. The number of carboxylic acid groups (broad SMARTS) is 1. The standard InChI is InChI=1S/C8H7NO2S/c1-5(12)6-3-2-4-7(9-6)8(10)11/h2-4H,1H3,(H,10,11). The van der Waals surface area contributed by atoms with E-state index >= 15 is 0 Å². The van der Waals surface area contributed by atoms with E-state index in [1.54, 1.807) is 19.1 Å². The monoisotopic (exact) mass is 181 g/mol. The lowest BCUT2D eigenvalue weighted by Gasteiger charge is -1.97. The highest BCUT2D eigenvalue weighted by atomic mass is 32.1. The second-order valence-corrected chi connectivity index (χ2v) is 2.88. The molecular weight excluding hydrogens is 174 g/mol. The van der Waals surface area contributed by atoms with Gasteiger partial charge in [-0.25, -0.2) is 9.78 Å². The van der Waals surface area contributed by atoms with Crippen LogP contribution in [0.5, 0.6) is 0 Å². The van der Waals surface area contributed by atoms with Gasteiger partial charge in [-0.2, -0.15) is 0 Å². The van der Waals surface area contributed by atoms with E-state index in [4.69, 9.17) is 17.3 Å². The molecule has 1 heterocycles. The quantitative estimate of drug-likeness (QED) is 0.555. The molecular formula is C8H7NO2S. The average molecular weight is 181 g/mol. The number of nitrogens with zero attached hydrogens (tertiary/aromatic N) is 1. The van der Waals surface area contributed by atoms with Crippen LogP contribution in [0.15, 0.2) is 18.2 Å². The van der Waals surface area contributed by atoms with E-state index in [1.165, 1.54) is 6.07 Å². The fourth-order valence-electron chi connectivity index (χ4n) is 0.750. The molecule has 0 saturated carbocycles. The minimum atomic E-state index is -1.03. The summed E-state index contributed by atoms with van der Waals surface area (Å²) in [6.45, 7) is 1.71. The number of hydrogen-bond acceptors (Lipinski definition) is 3. The Kier molecular flexibility index (Phi) is 2.50. The predicted octanol–water partition coefficient (Wildman–Crippen LogP) is 1.52. The first kappa shape index (κ1) is 8.80. The van der Waals surface area contributed by atoms with Crippen molar-refractivity contribution in [3.63, 3.8) is 0 Å². The largest absolute Gasteiger partial charge is 0.477 e. The summed E-state index contributed by atoms with van der Waals surface area (Å²) >= 11 is 4.85. The second kappa shape index (κ2) is 3.40. The third-order valence-corrected chi connectivity index (χ3v) is 1.54. The van der Waals surface area contributed by atoms with Crippen LogP contribution >= 0.6 is 12.2 Å². The van der Waals surface area contributed by atoms with Crippen LogP contribution in [0.2, 0.25) is 0 Å². The lowest BCUT2D eigenvalue weighted by molar-refractivity contribution is 0.0690. The molecule has 0 fully saturated rings. The van der Waals surface area contributed by atoms with Gasteiger partial charge in [0.2, 0.25) is 0 Å². The van der Waals surface area contributed by atoms with Crippen LogP contribution in [0, 0.1) is 0 Å². The molecule has 12 heavy (non-hydrogen) atoms. The van der Waals surface area contributed by atoms with Crippen LogP contribution in [0.25, 0.3) is 0 Å². The van der Waals surface area contributed by atoms with Crippen molar-refractivity contribution in [2.75, 3.05) is 0 Å². The van der Waals surface area contributed by atoms with Crippen molar-refractivity contribution < 1.29 is 9.90 Å². The normalized spacial score (nSPS) is 9.42. The number of rotatable bonds is 2. The Bertz CT molecular complexity index is 306. The van der Waals surface area contributed by atoms with Gasteiger partial charge in [0.15, 0.2) is 0 Å². The molecule has 0 aliphatic carbocycles. The van der Waals surface area contributed by atoms with Crippen molar-refractivity contribution in [1.82, 2.24) is 4.98 Å². The molecule has 1 rings (SSSR count). The van der Waals surface area contributed by atoms with E-state index in [2.05, 4.69) is 4.98 Å². The van der Waals surface area contributed by atoms with Crippen molar-refractivity contribution >= 4 is 23.1 Å². The highest BCUT2D eigenvalue weighted by molar-refractivity contribution is 7.80. The maximum Gasteiger partial charge on any atom is 0.354 e. The molecule has 1 N–H and O–H groups in total. The van der Waals surface area contributed by atoms with Crippen molar-refractivity contribution in [1.29, 1.82) is 0 Å². The summed E-state index contributed by atoms with van der Waals surface area (Å²) in [5, 5.41) is 8.59. The molecule has 62 valence electrons. The Morgan fingerprint density at radius 2 is 2.08 bits per heavy atom. The molecule has 4 heteroatoms. The summed E-state index contributed by atoms with van der Waals surface area (Å²) in [5.41, 5.74) is 0.571. The van der Waals surface area contributed by atoms with Gasteiger partial charge >= 0.3 is 5.97 Å². The summed E-state index contributed by atoms with van der Waals surface area (Å²) in [5.74, 6) is -1.03. The van der Waals surface area contributed by atoms with Crippen LogP contribution in [0.1, 0.15) is 23.1 Å². The second-order valence-electron chi connectivity index (χ2n) is 2.27. The zero-order chi connectivity index (χ0) is 9.14. The molecule has 0 aliphatic heterocycles. The Labute approximate surface area is 75.1 Å². The van der Waals surface area contributed by atoms with Gasteiger partial charge in [0.1, 0.15) is 5.69 Å². The summed E-state index contributed by atoms with van der Waals surface area (Å²) in [6, 6.07) is 4.75. The number of carboxylic acids is 1. The van der Waals surface area contributed by atoms with Gasteiger partial charge in [-0.15, -0.1) is 0 Å². The van der Waals surface area contributed by atoms with Crippen molar-refractivity contribution in [2.45, 2.75) is 6.92 Å². The zero-order valence-electron chi connectivity index (χ0n) is 6.44. The first-order chi connectivity index (χ1) is 5.61. The number of carbonyl (C=O) groups is 1. The fraction of sp³-hybridized carbons (Fsp3) is 0.125. The minimum Gasteiger partial charge on any atom is -0.477 e. The van der Waals surface area contributed by atoms with Crippen molar-refractivity contribution in [3.05, 3.63) is 29.6 Å². The summed E-state index contributed by atoms with van der Waals surface area (Å²) in [4.78, 5) is 14.9. The highest BCUT2D eigenvalue weighted by Gasteiger charge is 2.05. The molecule has 0 aliphatic rings. The molecule has 0 atom stereocenters. The summed E-state index contributed by atoms with van der Waals surface area (Å²) in [6.07, 6.45) is 0. The highest BCUT2D eigenvalue weighted by Crippen LogP contribution is 2.00. The molecule has 0 bridgehead atoms. The fourth-order valence-corrected chi connectivity index (χ4v) is 0.864. The number of aromatic nitrogens is 1. The summed E-state index contributed by atoms with van der Waals surface area (Å²) in [7, 11) is 0. The number of thiocarbonyl (C=S) groups is 1. The lowest BCUT2D eigenvalue weighted by Crippen LogP contribution is -2.04. The SMILES string of the molecule is CC(=S)c1cccc(C(=O)O)n1. The maximum absolute atomic E-state index is 10.5. The molecule has 1 aromatic heterocycles. The Morgan fingerprint density at radius 1 is 1.50 bits per heavy atom. The maximum atomic E-state index is 10.5. The van der Waals surface area contributed by atoms with Crippen LogP contribution in [0.3, 0.4) is 0 Å². The Hall–Kier alpha value is -1.29. The van der Waals surface area contributed by atoms with Gasteiger partial charge in [-0.3, -0.25) is 0 Å². The van der Waals surface area contributed by atoms with E-state index in [-0.39, 0.29) is 5.69 Å². The van der Waals surface area contributed by atoms with E-state index in [0.717, 1.165) is 0 Å². The first-order valence-electron chi connectivity index (χ1n) is 3.32. The zero-order valence-corrected chi connectivity index (χ0v) is 7.26. The molecule has 0 amide bonds. The number of hydrogen-bond donors (Lipinski definition) is 1. The van der Waals surface area contributed by atoms with Gasteiger partial charge in [-0.05, 0) is 19.1 Å². The van der Waals surface area contributed by atoms with Gasteiger partial charge < -0.3 is 5.11 Å². The molecule has 0 radical (unpaired) electrons. The lowest BCUT2D eigenvalue weighted by atomic mass is 10.2. The number of aromatic carboxylic acids is 1. The van der Waals surface area contributed by atoms with E-state index in [0.29, 0.717) is 10.6 Å². The van der Waals surface area contributed by atoms with E-state index in [1.807, 2.05) is 0 Å². The van der Waals surface area contributed by atoms with Crippen molar-refractivity contribution in [3.8, 4) is 0 Å². The van der Waals surface area contributed by atoms with E-state index in [9.17, 15) is 4.79 Å². The van der Waals surface area contributed by atoms with Gasteiger partial charge in [-0.1, -0.05) is 18.3 Å². The molecule has 0 aromatic carbocycles. The van der Waals surface area contributed by atoms with Crippen LogP contribution in [0.4, 0.5) is 0 Å². The van der Waals surface area contributed by atoms with Crippen molar-refractivity contribution in [2.24, 2.45) is 0 Å². The summed E-state index contributed by atoms with van der Waals surface area (Å²) < 4.78 is 0. The van der Waals surface area contributed by atoms with Crippen LogP contribution < -0.4 is 0 Å².